The molecule has 13 rings (SSSR count). The molecule has 8 bridgehead atoms. The van der Waals surface area contributed by atoms with Crippen LogP contribution in [0.2, 0.25) is 0 Å². The zero-order valence-corrected chi connectivity index (χ0v) is 37.4. The molecule has 0 fully saturated rings. The molecule has 6 nitrogen and oxygen atoms in total. The van der Waals surface area contributed by atoms with Crippen LogP contribution in [0.5, 0.6) is 0 Å². The van der Waals surface area contributed by atoms with Gasteiger partial charge in [-0.25, -0.2) is 9.97 Å². The highest BCUT2D eigenvalue weighted by Crippen LogP contribution is 2.43. The Morgan fingerprint density at radius 1 is 0.364 bits per heavy atom. The molecule has 66 heavy (non-hydrogen) atoms. The van der Waals surface area contributed by atoms with E-state index in [2.05, 4.69) is 149 Å². The second-order valence-corrected chi connectivity index (χ2v) is 18.5. The summed E-state index contributed by atoms with van der Waals surface area (Å²) >= 11 is 0. The highest BCUT2D eigenvalue weighted by atomic mass is 16.1. The maximum Gasteiger partial charge on any atom is 0.195 e. The van der Waals surface area contributed by atoms with Gasteiger partial charge < -0.3 is 9.97 Å². The molecule has 3 aromatic heterocycles. The second kappa shape index (κ2) is 13.6. The van der Waals surface area contributed by atoms with Crippen LogP contribution in [0.4, 0.5) is 0 Å². The largest absolute Gasteiger partial charge is 0.354 e. The number of rotatable bonds is 2. The maximum atomic E-state index is 15.2. The van der Waals surface area contributed by atoms with Gasteiger partial charge >= 0.3 is 0 Å². The van der Waals surface area contributed by atoms with E-state index in [1.165, 1.54) is 11.1 Å². The van der Waals surface area contributed by atoms with Crippen molar-refractivity contribution in [3.05, 3.63) is 186 Å². The maximum absolute atomic E-state index is 15.2. The molecule has 0 unspecified atom stereocenters. The zero-order chi connectivity index (χ0) is 44.9. The van der Waals surface area contributed by atoms with Gasteiger partial charge in [0.1, 0.15) is 0 Å². The molecule has 0 radical (unpaired) electrons. The number of benzene rings is 6. The molecule has 314 valence electrons. The van der Waals surface area contributed by atoms with Crippen molar-refractivity contribution in [2.75, 3.05) is 0 Å². The zero-order valence-electron chi connectivity index (χ0n) is 37.4. The van der Waals surface area contributed by atoms with E-state index in [4.69, 9.17) is 9.97 Å². The van der Waals surface area contributed by atoms with Gasteiger partial charge in [-0.1, -0.05) is 108 Å². The van der Waals surface area contributed by atoms with Crippen LogP contribution in [0.25, 0.3) is 133 Å². The summed E-state index contributed by atoms with van der Waals surface area (Å²) in [6, 6.07) is 37.4. The van der Waals surface area contributed by atoms with E-state index in [0.29, 0.717) is 32.6 Å². The number of nitrogens with zero attached hydrogens (tertiary/aromatic N) is 2. The number of fused-ring (bicyclic) bond motifs is 10. The fourth-order valence-electron chi connectivity index (χ4n) is 11.7. The lowest BCUT2D eigenvalue weighted by atomic mass is 9.92. The predicted octanol–water partition coefficient (Wildman–Crippen LogP) is 14.4. The van der Waals surface area contributed by atoms with Crippen molar-refractivity contribution in [1.29, 1.82) is 0 Å². The van der Waals surface area contributed by atoms with Crippen molar-refractivity contribution in [3.8, 4) is 22.3 Å². The lowest BCUT2D eigenvalue weighted by Crippen LogP contribution is -1.97. The van der Waals surface area contributed by atoms with Crippen LogP contribution >= 0.6 is 0 Å². The van der Waals surface area contributed by atoms with Gasteiger partial charge in [0.2, 0.25) is 0 Å². The van der Waals surface area contributed by atoms with E-state index in [0.717, 1.165) is 121 Å². The minimum absolute atomic E-state index is 0.0483. The van der Waals surface area contributed by atoms with Crippen LogP contribution in [0.1, 0.15) is 56.2 Å². The minimum atomic E-state index is -0.0483. The van der Waals surface area contributed by atoms with E-state index in [1.807, 2.05) is 36.4 Å². The van der Waals surface area contributed by atoms with Crippen LogP contribution in [0.15, 0.2) is 119 Å². The fourth-order valence-corrected chi connectivity index (χ4v) is 11.7. The third-order valence-electron chi connectivity index (χ3n) is 14.2. The van der Waals surface area contributed by atoms with Crippen molar-refractivity contribution in [3.63, 3.8) is 0 Å². The molecule has 0 amide bonds. The first-order valence-corrected chi connectivity index (χ1v) is 22.6. The van der Waals surface area contributed by atoms with E-state index >= 15 is 9.59 Å². The van der Waals surface area contributed by atoms with Gasteiger partial charge in [0, 0.05) is 65.3 Å². The summed E-state index contributed by atoms with van der Waals surface area (Å²) in [7, 11) is 0. The third-order valence-corrected chi connectivity index (χ3v) is 14.2. The van der Waals surface area contributed by atoms with E-state index in [9.17, 15) is 0 Å². The summed E-state index contributed by atoms with van der Waals surface area (Å²) in [5, 5.41) is 9.81. The van der Waals surface area contributed by atoms with Crippen molar-refractivity contribution in [2.24, 2.45) is 0 Å². The number of hydrogen-bond donors (Lipinski definition) is 2. The summed E-state index contributed by atoms with van der Waals surface area (Å²) in [5.74, 6) is 0. The van der Waals surface area contributed by atoms with Gasteiger partial charge in [0.25, 0.3) is 0 Å². The smallest absolute Gasteiger partial charge is 0.195 e. The summed E-state index contributed by atoms with van der Waals surface area (Å²) in [5.41, 5.74) is 16.5. The van der Waals surface area contributed by atoms with Crippen molar-refractivity contribution in [2.45, 2.75) is 41.5 Å². The van der Waals surface area contributed by atoms with E-state index < -0.39 is 0 Å². The van der Waals surface area contributed by atoms with Crippen molar-refractivity contribution >= 4 is 111 Å². The number of hydrogen-bond acceptors (Lipinski definition) is 4. The number of aromatic amines is 2. The molecular weight excluding hydrogens is 809 g/mol. The molecule has 2 aliphatic heterocycles. The average molecular weight is 851 g/mol. The molecule has 8 aromatic carbocycles. The third kappa shape index (κ3) is 5.30. The fraction of sp³-hybridized carbons (Fsp3) is 0.100. The van der Waals surface area contributed by atoms with Gasteiger partial charge in [-0.2, -0.15) is 0 Å². The number of aromatic nitrogens is 4. The van der Waals surface area contributed by atoms with Gasteiger partial charge in [0.15, 0.2) is 10.9 Å². The average Bonchev–Trinajstić information content (AvgIpc) is 4.12. The molecule has 0 atom stereocenters. The Morgan fingerprint density at radius 3 is 1.09 bits per heavy atom. The molecular formula is C60H42N4O2. The highest BCUT2D eigenvalue weighted by Gasteiger charge is 2.24. The number of H-pyrrole nitrogens is 2. The monoisotopic (exact) mass is 850 g/mol. The van der Waals surface area contributed by atoms with Crippen LogP contribution in [-0.4, -0.2) is 19.9 Å². The van der Waals surface area contributed by atoms with Crippen molar-refractivity contribution in [1.82, 2.24) is 19.9 Å². The van der Waals surface area contributed by atoms with Crippen LogP contribution in [-0.2, 0) is 0 Å². The van der Waals surface area contributed by atoms with Crippen LogP contribution in [0, 0.1) is 41.5 Å². The molecule has 0 saturated carbocycles. The minimum Gasteiger partial charge on any atom is -0.354 e. The second-order valence-electron chi connectivity index (χ2n) is 18.5. The molecule has 2 aliphatic rings. The van der Waals surface area contributed by atoms with Gasteiger partial charge in [0.05, 0.1) is 33.8 Å². The lowest BCUT2D eigenvalue weighted by Gasteiger charge is -2.13. The predicted molar refractivity (Wildman–Crippen MR) is 278 cm³/mol. The SMILES string of the molecule is Cc1cc(C)c(-c2c3nc(c4c5cccc6cccc(c(=O)c7cc([nH]c74)c(-c4c(C)cc(C)cc4C)c4nc(c7c8cccc9cccc(c(=O)c%10cc2[nH]c%107)c98)C=C4)c65)C=C3)c(C)c1. The Kier molecular flexibility index (Phi) is 7.91. The Hall–Kier alpha value is -8.22. The van der Waals surface area contributed by atoms with Gasteiger partial charge in [-0.15, -0.1) is 0 Å². The summed E-state index contributed by atoms with van der Waals surface area (Å²) in [6.45, 7) is 12.8. The molecule has 0 saturated heterocycles. The Morgan fingerprint density at radius 2 is 0.712 bits per heavy atom. The molecule has 2 N–H and O–H groups in total. The molecule has 0 aliphatic carbocycles. The topological polar surface area (TPSA) is 91.5 Å². The van der Waals surface area contributed by atoms with E-state index in [1.54, 1.807) is 0 Å². The Balaban J connectivity index is 1.37. The first kappa shape index (κ1) is 38.3. The lowest BCUT2D eigenvalue weighted by molar-refractivity contribution is 1.29. The highest BCUT2D eigenvalue weighted by molar-refractivity contribution is 6.26. The van der Waals surface area contributed by atoms with Gasteiger partial charge in [-0.05, 0) is 133 Å². The number of nitrogens with one attached hydrogen (secondary N) is 2. The standard InChI is InChI=1S/C60H42N4O2/c1-29-23-31(3)49(32(4)24-29)55-45-21-19-43(61-45)53-37-15-7-11-35-14-10-18-40(51(35)37)60(66)42-28-48(64-58(42)53)56(50-33(5)25-30(2)26-34(50)6)46-22-20-44(62-46)54-38-16-8-12-36-13-9-17-39(52(36)38)59(65)41-27-47(55)63-57(41)54/h7-28,63-64H,1-6H3. The first-order chi connectivity index (χ1) is 32.0. The summed E-state index contributed by atoms with van der Waals surface area (Å²) < 4.78 is 0. The van der Waals surface area contributed by atoms with Gasteiger partial charge in [-0.3, -0.25) is 9.59 Å². The molecule has 11 aromatic rings. The van der Waals surface area contributed by atoms with E-state index in [-0.39, 0.29) is 10.9 Å². The quantitative estimate of drug-likeness (QED) is 0.181. The summed E-state index contributed by atoms with van der Waals surface area (Å²) in [6.07, 6.45) is 8.35. The van der Waals surface area contributed by atoms with Crippen molar-refractivity contribution < 1.29 is 0 Å². The molecule has 6 heteroatoms. The summed E-state index contributed by atoms with van der Waals surface area (Å²) in [4.78, 5) is 49.4. The first-order valence-electron chi connectivity index (χ1n) is 22.6. The Labute approximate surface area is 379 Å². The molecule has 0 spiro atoms. The normalized spacial score (nSPS) is 12.7. The van der Waals surface area contributed by atoms with Crippen LogP contribution < -0.4 is 10.9 Å². The van der Waals surface area contributed by atoms with Crippen LogP contribution in [0.3, 0.4) is 0 Å². The number of aryl methyl sites for hydroxylation is 6. The Bertz CT molecular complexity index is 4050. The molecule has 5 heterocycles.